The van der Waals surface area contributed by atoms with Gasteiger partial charge in [-0.2, -0.15) is 0 Å². The van der Waals surface area contributed by atoms with E-state index in [2.05, 4.69) is 0 Å². The van der Waals surface area contributed by atoms with Crippen LogP contribution in [0, 0.1) is 13.8 Å². The van der Waals surface area contributed by atoms with Crippen LogP contribution in [0.4, 0.5) is 0 Å². The Morgan fingerprint density at radius 1 is 1.13 bits per heavy atom. The Labute approximate surface area is 185 Å². The Balaban J connectivity index is 1.38. The number of likely N-dealkylation sites (tertiary alicyclic amines) is 1. The third-order valence-corrected chi connectivity index (χ3v) is 6.50. The molecule has 2 aromatic rings. The molecule has 158 valence electrons. The monoisotopic (exact) mass is 447 g/mol. The number of halogens is 2. The van der Waals surface area contributed by atoms with Gasteiger partial charge < -0.3 is 14.4 Å². The number of nitrogens with zero attached hydrogens (tertiary/aromatic N) is 1. The number of hydrogen-bond acceptors (Lipinski definition) is 4. The van der Waals surface area contributed by atoms with E-state index < -0.39 is 5.60 Å². The van der Waals surface area contributed by atoms with Crippen LogP contribution in [-0.4, -0.2) is 41.9 Å². The van der Waals surface area contributed by atoms with Crippen LogP contribution in [0.2, 0.25) is 10.0 Å². The van der Waals surface area contributed by atoms with Gasteiger partial charge in [0.25, 0.3) is 5.91 Å². The van der Waals surface area contributed by atoms with Crippen molar-refractivity contribution < 1.29 is 19.1 Å². The molecule has 0 bridgehead atoms. The van der Waals surface area contributed by atoms with E-state index >= 15 is 0 Å². The second-order valence-electron chi connectivity index (χ2n) is 8.06. The van der Waals surface area contributed by atoms with Crippen LogP contribution in [0.25, 0.3) is 0 Å². The standard InChI is InChI=1S/C23H23Cl2NO4/c1-14-10-17(3-4-19(14)25)29-13-21(28)26-7-5-23(6-8-26)12-20(27)18-11-16(24)9-15(2)22(18)30-23/h3-4,9-11H,5-8,12-13H2,1-2H3. The lowest BCUT2D eigenvalue weighted by atomic mass is 9.82. The lowest BCUT2D eigenvalue weighted by molar-refractivity contribution is -0.136. The number of hydrogen-bond donors (Lipinski definition) is 0. The number of benzene rings is 2. The van der Waals surface area contributed by atoms with Crippen molar-refractivity contribution in [3.63, 3.8) is 0 Å². The number of fused-ring (bicyclic) bond motifs is 1. The van der Waals surface area contributed by atoms with Crippen LogP contribution in [0.1, 0.15) is 40.7 Å². The van der Waals surface area contributed by atoms with E-state index in [4.69, 9.17) is 32.7 Å². The molecule has 0 radical (unpaired) electrons. The molecule has 2 aliphatic rings. The Bertz CT molecular complexity index is 1010. The molecule has 0 saturated carbocycles. The first-order chi connectivity index (χ1) is 14.3. The molecule has 1 spiro atoms. The van der Waals surface area contributed by atoms with Gasteiger partial charge in [0.1, 0.15) is 17.1 Å². The maximum absolute atomic E-state index is 12.7. The number of rotatable bonds is 3. The average molecular weight is 448 g/mol. The van der Waals surface area contributed by atoms with Gasteiger partial charge in [0.15, 0.2) is 12.4 Å². The molecule has 1 saturated heterocycles. The molecular weight excluding hydrogens is 425 g/mol. The first kappa shape index (κ1) is 21.0. The summed E-state index contributed by atoms with van der Waals surface area (Å²) in [6.45, 7) is 4.80. The maximum atomic E-state index is 12.7. The zero-order chi connectivity index (χ0) is 21.5. The SMILES string of the molecule is Cc1cc(OCC(=O)N2CCC3(CC2)CC(=O)c2cc(Cl)cc(C)c2O3)ccc1Cl. The summed E-state index contributed by atoms with van der Waals surface area (Å²) >= 11 is 12.1. The molecule has 4 rings (SSSR count). The minimum absolute atomic E-state index is 0.0334. The number of ketones is 1. The van der Waals surface area contributed by atoms with E-state index in [1.54, 1.807) is 29.2 Å². The van der Waals surface area contributed by atoms with Gasteiger partial charge in [-0.15, -0.1) is 0 Å². The first-order valence-corrected chi connectivity index (χ1v) is 10.7. The van der Waals surface area contributed by atoms with E-state index in [-0.39, 0.29) is 18.3 Å². The summed E-state index contributed by atoms with van der Waals surface area (Å²) in [5.74, 6) is 1.20. The topological polar surface area (TPSA) is 55.8 Å². The van der Waals surface area contributed by atoms with Gasteiger partial charge in [-0.25, -0.2) is 0 Å². The highest BCUT2D eigenvalue weighted by molar-refractivity contribution is 6.31. The summed E-state index contributed by atoms with van der Waals surface area (Å²) in [5, 5.41) is 1.20. The third-order valence-electron chi connectivity index (χ3n) is 5.86. The second-order valence-corrected chi connectivity index (χ2v) is 8.91. The van der Waals surface area contributed by atoms with Crippen LogP contribution >= 0.6 is 23.2 Å². The predicted molar refractivity (Wildman–Crippen MR) is 116 cm³/mol. The van der Waals surface area contributed by atoms with Crippen LogP contribution in [0.3, 0.4) is 0 Å². The summed E-state index contributed by atoms with van der Waals surface area (Å²) in [4.78, 5) is 27.1. The van der Waals surface area contributed by atoms with E-state index in [1.807, 2.05) is 19.9 Å². The van der Waals surface area contributed by atoms with Gasteiger partial charge >= 0.3 is 0 Å². The molecule has 0 unspecified atom stereocenters. The second kappa shape index (κ2) is 8.12. The van der Waals surface area contributed by atoms with Crippen molar-refractivity contribution in [2.24, 2.45) is 0 Å². The fourth-order valence-corrected chi connectivity index (χ4v) is 4.49. The zero-order valence-corrected chi connectivity index (χ0v) is 18.5. The molecule has 1 amide bonds. The van der Waals surface area contributed by atoms with Gasteiger partial charge in [0, 0.05) is 36.0 Å². The normalized spacial score (nSPS) is 17.5. The van der Waals surface area contributed by atoms with Gasteiger partial charge in [0.2, 0.25) is 0 Å². The average Bonchev–Trinajstić information content (AvgIpc) is 2.70. The Hall–Kier alpha value is -2.24. The maximum Gasteiger partial charge on any atom is 0.260 e. The van der Waals surface area contributed by atoms with Gasteiger partial charge in [-0.05, 0) is 55.3 Å². The summed E-state index contributed by atoms with van der Waals surface area (Å²) in [7, 11) is 0. The van der Waals surface area contributed by atoms with Crippen molar-refractivity contribution in [1.29, 1.82) is 0 Å². The van der Waals surface area contributed by atoms with Crippen LogP contribution in [0.5, 0.6) is 11.5 Å². The van der Waals surface area contributed by atoms with Gasteiger partial charge in [-0.1, -0.05) is 23.2 Å². The minimum Gasteiger partial charge on any atom is -0.486 e. The van der Waals surface area contributed by atoms with Gasteiger partial charge in [0.05, 0.1) is 12.0 Å². The lowest BCUT2D eigenvalue weighted by Crippen LogP contribution is -2.53. The molecule has 2 aliphatic heterocycles. The molecule has 2 aromatic carbocycles. The van der Waals surface area contributed by atoms with E-state index in [9.17, 15) is 9.59 Å². The van der Waals surface area contributed by atoms with Crippen molar-refractivity contribution in [2.75, 3.05) is 19.7 Å². The van der Waals surface area contributed by atoms with Crippen molar-refractivity contribution in [3.05, 3.63) is 57.1 Å². The first-order valence-electron chi connectivity index (χ1n) is 9.95. The quantitative estimate of drug-likeness (QED) is 0.662. The van der Waals surface area contributed by atoms with Crippen molar-refractivity contribution in [1.82, 2.24) is 4.90 Å². The molecule has 0 atom stereocenters. The summed E-state index contributed by atoms with van der Waals surface area (Å²) in [6.07, 6.45) is 1.51. The van der Waals surface area contributed by atoms with Crippen LogP contribution < -0.4 is 9.47 Å². The van der Waals surface area contributed by atoms with Gasteiger partial charge in [-0.3, -0.25) is 9.59 Å². The van der Waals surface area contributed by atoms with Crippen molar-refractivity contribution >= 4 is 34.9 Å². The molecule has 0 aliphatic carbocycles. The highest BCUT2D eigenvalue weighted by atomic mass is 35.5. The number of ether oxygens (including phenoxy) is 2. The Morgan fingerprint density at radius 2 is 1.87 bits per heavy atom. The molecule has 2 heterocycles. The molecular formula is C23H23Cl2NO4. The number of piperidine rings is 1. The smallest absolute Gasteiger partial charge is 0.260 e. The molecule has 30 heavy (non-hydrogen) atoms. The fraction of sp³-hybridized carbons (Fsp3) is 0.391. The van der Waals surface area contributed by atoms with E-state index in [0.717, 1.165) is 11.1 Å². The number of Topliss-reactive ketones (excluding diaryl/α,β-unsaturated/α-hetero) is 1. The minimum atomic E-state index is -0.562. The fourth-order valence-electron chi connectivity index (χ4n) is 4.10. The molecule has 5 nitrogen and oxygen atoms in total. The highest BCUT2D eigenvalue weighted by Gasteiger charge is 2.44. The number of aryl methyl sites for hydroxylation is 2. The Kier molecular flexibility index (Phi) is 5.69. The van der Waals surface area contributed by atoms with E-state index in [1.165, 1.54) is 0 Å². The zero-order valence-electron chi connectivity index (χ0n) is 17.0. The predicted octanol–water partition coefficient (Wildman–Crippen LogP) is 5.02. The Morgan fingerprint density at radius 3 is 2.57 bits per heavy atom. The van der Waals surface area contributed by atoms with Crippen molar-refractivity contribution in [2.45, 2.75) is 38.7 Å². The summed E-state index contributed by atoms with van der Waals surface area (Å²) in [6, 6.07) is 8.80. The summed E-state index contributed by atoms with van der Waals surface area (Å²) < 4.78 is 12.0. The van der Waals surface area contributed by atoms with Crippen LogP contribution in [0.15, 0.2) is 30.3 Å². The van der Waals surface area contributed by atoms with E-state index in [0.29, 0.717) is 59.5 Å². The summed E-state index contributed by atoms with van der Waals surface area (Å²) in [5.41, 5.74) is 1.75. The van der Waals surface area contributed by atoms with Crippen LogP contribution in [-0.2, 0) is 4.79 Å². The third kappa shape index (κ3) is 4.14. The lowest BCUT2D eigenvalue weighted by Gasteiger charge is -2.44. The largest absolute Gasteiger partial charge is 0.486 e. The molecule has 7 heteroatoms. The number of amides is 1. The highest BCUT2D eigenvalue weighted by Crippen LogP contribution is 2.42. The molecule has 0 N–H and O–H groups in total. The number of carbonyl (C=O) groups is 2. The van der Waals surface area contributed by atoms with Crippen molar-refractivity contribution in [3.8, 4) is 11.5 Å². The number of carbonyl (C=O) groups excluding carboxylic acids is 2. The molecule has 0 aromatic heterocycles. The molecule has 1 fully saturated rings.